The minimum Gasteiger partial charge on any atom is -0.457 e. The van der Waals surface area contributed by atoms with Crippen molar-refractivity contribution in [3.05, 3.63) is 227 Å². The predicted molar refractivity (Wildman–Crippen MR) is 205 cm³/mol. The Morgan fingerprint density at radius 1 is 0.360 bits per heavy atom. The van der Waals surface area contributed by atoms with Crippen molar-refractivity contribution in [3.8, 4) is 33.8 Å². The summed E-state index contributed by atoms with van der Waals surface area (Å²) in [5.41, 5.74) is 12.8. The van der Waals surface area contributed by atoms with Gasteiger partial charge in [-0.15, -0.1) is 0 Å². The van der Waals surface area contributed by atoms with Crippen molar-refractivity contribution in [2.75, 3.05) is 0 Å². The monoisotopic (exact) mass is 638 g/mol. The lowest BCUT2D eigenvalue weighted by Gasteiger charge is -2.41. The van der Waals surface area contributed by atoms with E-state index in [4.69, 9.17) is 4.74 Å². The van der Waals surface area contributed by atoms with Gasteiger partial charge in [0, 0.05) is 16.5 Å². The molecule has 8 aromatic carbocycles. The maximum atomic E-state index is 6.84. The molecule has 1 aliphatic carbocycles. The van der Waals surface area contributed by atoms with Gasteiger partial charge in [-0.3, -0.25) is 0 Å². The van der Waals surface area contributed by atoms with Gasteiger partial charge in [0.15, 0.2) is 0 Å². The summed E-state index contributed by atoms with van der Waals surface area (Å²) in [5.74, 6) is 1.77. The van der Waals surface area contributed by atoms with Crippen LogP contribution >= 0.6 is 0 Å². The summed E-state index contributed by atoms with van der Waals surface area (Å²) in [7, 11) is 0. The van der Waals surface area contributed by atoms with Gasteiger partial charge in [0.05, 0.1) is 5.41 Å². The second kappa shape index (κ2) is 10.9. The highest BCUT2D eigenvalue weighted by molar-refractivity contribution is 5.95. The topological polar surface area (TPSA) is 9.23 Å². The molecule has 0 N–H and O–H groups in total. The summed E-state index contributed by atoms with van der Waals surface area (Å²) in [4.78, 5) is 0. The number of hydrogen-bond acceptors (Lipinski definition) is 1. The first-order chi connectivity index (χ1) is 24.7. The van der Waals surface area contributed by atoms with Crippen molar-refractivity contribution >= 4 is 10.8 Å². The van der Waals surface area contributed by atoms with E-state index < -0.39 is 5.41 Å². The van der Waals surface area contributed by atoms with Crippen molar-refractivity contribution in [3.63, 3.8) is 0 Å². The van der Waals surface area contributed by atoms with Gasteiger partial charge >= 0.3 is 0 Å². The Bertz CT molecular complexity index is 2530. The summed E-state index contributed by atoms with van der Waals surface area (Å²) >= 11 is 0. The number of benzene rings is 8. The molecule has 1 nitrogen and oxygen atoms in total. The molecule has 1 aliphatic heterocycles. The van der Waals surface area contributed by atoms with E-state index in [0.717, 1.165) is 28.2 Å². The van der Waals surface area contributed by atoms with Crippen LogP contribution in [0.4, 0.5) is 0 Å². The average Bonchev–Trinajstić information content (AvgIpc) is 3.43. The van der Waals surface area contributed by atoms with E-state index in [2.05, 4.69) is 195 Å². The van der Waals surface area contributed by atoms with Gasteiger partial charge in [-0.2, -0.15) is 0 Å². The SMILES string of the molecule is CC1(c2ccccc2)c2cc(-c3ccc4c(c3)Oc3ccccc3C4(c3ccccc3)c3ccccc3)ccc2-c2cc3ccccc3cc21. The summed E-state index contributed by atoms with van der Waals surface area (Å²) < 4.78 is 6.84. The molecule has 1 unspecified atom stereocenters. The second-order valence-corrected chi connectivity index (χ2v) is 13.8. The molecule has 0 fully saturated rings. The van der Waals surface area contributed by atoms with Gasteiger partial charge in [-0.25, -0.2) is 0 Å². The second-order valence-electron chi connectivity index (χ2n) is 13.8. The molecule has 1 atom stereocenters. The van der Waals surface area contributed by atoms with E-state index in [0.29, 0.717) is 0 Å². The minimum absolute atomic E-state index is 0.300. The van der Waals surface area contributed by atoms with Crippen LogP contribution in [0.15, 0.2) is 188 Å². The lowest BCUT2D eigenvalue weighted by Crippen LogP contribution is -2.34. The zero-order valence-electron chi connectivity index (χ0n) is 27.8. The van der Waals surface area contributed by atoms with Gasteiger partial charge in [-0.05, 0) is 98.1 Å². The van der Waals surface area contributed by atoms with Crippen molar-refractivity contribution in [2.45, 2.75) is 17.8 Å². The van der Waals surface area contributed by atoms with Crippen LogP contribution in [0.5, 0.6) is 11.5 Å². The molecular weight excluding hydrogens is 605 g/mol. The molecule has 236 valence electrons. The van der Waals surface area contributed by atoms with E-state index in [9.17, 15) is 0 Å². The lowest BCUT2D eigenvalue weighted by molar-refractivity contribution is 0.435. The quantitative estimate of drug-likeness (QED) is 0.186. The van der Waals surface area contributed by atoms with Crippen molar-refractivity contribution in [2.24, 2.45) is 0 Å². The molecule has 1 heteroatoms. The molecule has 2 aliphatic rings. The smallest absolute Gasteiger partial charge is 0.132 e. The third kappa shape index (κ3) is 4.01. The summed E-state index contributed by atoms with van der Waals surface area (Å²) in [6.45, 7) is 2.40. The summed E-state index contributed by atoms with van der Waals surface area (Å²) in [6.07, 6.45) is 0. The molecule has 50 heavy (non-hydrogen) atoms. The Balaban J connectivity index is 1.18. The number of para-hydroxylation sites is 1. The molecular formula is C49H34O. The Kier molecular flexibility index (Phi) is 6.29. The molecule has 1 heterocycles. The first kappa shape index (κ1) is 28.8. The van der Waals surface area contributed by atoms with Crippen molar-refractivity contribution in [1.82, 2.24) is 0 Å². The molecule has 0 saturated carbocycles. The molecule has 0 bridgehead atoms. The van der Waals surface area contributed by atoms with Crippen LogP contribution in [-0.2, 0) is 10.8 Å². The predicted octanol–water partition coefficient (Wildman–Crippen LogP) is 12.3. The van der Waals surface area contributed by atoms with Crippen LogP contribution < -0.4 is 4.74 Å². The molecule has 8 aromatic rings. The first-order valence-corrected chi connectivity index (χ1v) is 17.4. The third-order valence-corrected chi connectivity index (χ3v) is 11.3. The highest BCUT2D eigenvalue weighted by Crippen LogP contribution is 2.57. The number of hydrogen-bond donors (Lipinski definition) is 0. The minimum atomic E-state index is -0.529. The van der Waals surface area contributed by atoms with Gasteiger partial charge in [0.25, 0.3) is 0 Å². The van der Waals surface area contributed by atoms with Gasteiger partial charge in [0.2, 0.25) is 0 Å². The van der Waals surface area contributed by atoms with Gasteiger partial charge in [0.1, 0.15) is 11.5 Å². The van der Waals surface area contributed by atoms with Crippen molar-refractivity contribution in [1.29, 1.82) is 0 Å². The van der Waals surface area contributed by atoms with Gasteiger partial charge in [-0.1, -0.05) is 158 Å². The summed E-state index contributed by atoms with van der Waals surface area (Å²) in [6, 6.07) is 68.6. The lowest BCUT2D eigenvalue weighted by atomic mass is 9.63. The maximum absolute atomic E-state index is 6.84. The van der Waals surface area contributed by atoms with Crippen LogP contribution in [0.3, 0.4) is 0 Å². The number of rotatable bonds is 4. The zero-order valence-corrected chi connectivity index (χ0v) is 27.8. The Labute approximate surface area is 293 Å². The largest absolute Gasteiger partial charge is 0.457 e. The molecule has 10 rings (SSSR count). The van der Waals surface area contributed by atoms with Crippen LogP contribution in [-0.4, -0.2) is 0 Å². The molecule has 0 saturated heterocycles. The third-order valence-electron chi connectivity index (χ3n) is 11.3. The molecule has 0 aromatic heterocycles. The van der Waals surface area contributed by atoms with Crippen LogP contribution in [0.2, 0.25) is 0 Å². The summed E-state index contributed by atoms with van der Waals surface area (Å²) in [5, 5.41) is 2.54. The molecule has 0 amide bonds. The van der Waals surface area contributed by atoms with E-state index in [-0.39, 0.29) is 5.41 Å². The highest BCUT2D eigenvalue weighted by atomic mass is 16.5. The van der Waals surface area contributed by atoms with E-state index in [1.165, 1.54) is 55.3 Å². The van der Waals surface area contributed by atoms with E-state index in [1.54, 1.807) is 0 Å². The van der Waals surface area contributed by atoms with E-state index >= 15 is 0 Å². The fraction of sp³-hybridized carbons (Fsp3) is 0.0612. The normalized spacial score (nSPS) is 16.5. The maximum Gasteiger partial charge on any atom is 0.132 e. The fourth-order valence-electron chi connectivity index (χ4n) is 8.87. The van der Waals surface area contributed by atoms with Crippen LogP contribution in [0, 0.1) is 0 Å². The number of fused-ring (bicyclic) bond motifs is 6. The molecule has 0 radical (unpaired) electrons. The Morgan fingerprint density at radius 3 is 1.58 bits per heavy atom. The van der Waals surface area contributed by atoms with Gasteiger partial charge < -0.3 is 4.74 Å². The number of ether oxygens (including phenoxy) is 1. The fourth-order valence-corrected chi connectivity index (χ4v) is 8.87. The average molecular weight is 639 g/mol. The first-order valence-electron chi connectivity index (χ1n) is 17.4. The van der Waals surface area contributed by atoms with Crippen LogP contribution in [0.25, 0.3) is 33.0 Å². The Hall–Kier alpha value is -6.18. The van der Waals surface area contributed by atoms with Crippen molar-refractivity contribution < 1.29 is 4.74 Å². The zero-order chi connectivity index (χ0) is 33.3. The van der Waals surface area contributed by atoms with E-state index in [1.807, 2.05) is 0 Å². The highest BCUT2D eigenvalue weighted by Gasteiger charge is 2.45. The Morgan fingerprint density at radius 2 is 0.880 bits per heavy atom. The standard InChI is InChI=1S/C49H34O/c1-48(37-17-5-2-6-18-37)44-31-35(25-27-40(44)41-29-33-15-11-12-16-34(33)30-45(41)48)36-26-28-43-47(32-36)50-46-24-14-13-23-42(46)49(43,38-19-7-3-8-20-38)39-21-9-4-10-22-39/h2-32H,1H3. The van der Waals surface area contributed by atoms with Crippen LogP contribution in [0.1, 0.15) is 45.9 Å². The molecule has 0 spiro atoms.